The predicted molar refractivity (Wildman–Crippen MR) is 90.4 cm³/mol. The van der Waals surface area contributed by atoms with Crippen LogP contribution in [-0.2, 0) is 13.0 Å². The van der Waals surface area contributed by atoms with Crippen LogP contribution in [0.4, 0.5) is 0 Å². The summed E-state index contributed by atoms with van der Waals surface area (Å²) < 4.78 is 1.71. The number of hydrogen-bond donors (Lipinski definition) is 3. The van der Waals surface area contributed by atoms with Gasteiger partial charge in [-0.25, -0.2) is 0 Å². The first-order valence-electron chi connectivity index (χ1n) is 8.44. The number of benzene rings is 1. The van der Waals surface area contributed by atoms with Crippen molar-refractivity contribution in [3.05, 3.63) is 36.2 Å². The van der Waals surface area contributed by atoms with E-state index in [-0.39, 0.29) is 6.61 Å². The van der Waals surface area contributed by atoms with Gasteiger partial charge in [0.15, 0.2) is 0 Å². The van der Waals surface area contributed by atoms with Crippen LogP contribution in [0.1, 0.15) is 31.2 Å². The molecule has 23 heavy (non-hydrogen) atoms. The Kier molecular flexibility index (Phi) is 5.31. The van der Waals surface area contributed by atoms with E-state index in [4.69, 9.17) is 5.11 Å². The lowest BCUT2D eigenvalue weighted by Gasteiger charge is -2.23. The Bertz CT molecular complexity index is 633. The van der Waals surface area contributed by atoms with E-state index < -0.39 is 0 Å². The van der Waals surface area contributed by atoms with E-state index in [1.807, 2.05) is 12.3 Å². The van der Waals surface area contributed by atoms with Crippen molar-refractivity contribution in [2.45, 2.75) is 44.7 Å². The number of rotatable bonds is 6. The maximum absolute atomic E-state index is 10.0. The second kappa shape index (κ2) is 7.62. The van der Waals surface area contributed by atoms with Gasteiger partial charge in [0.05, 0.1) is 19.3 Å². The van der Waals surface area contributed by atoms with Crippen LogP contribution in [0.3, 0.4) is 0 Å². The van der Waals surface area contributed by atoms with Gasteiger partial charge in [-0.05, 0) is 55.5 Å². The number of aryl methyl sites for hydroxylation is 1. The molecule has 1 saturated heterocycles. The summed E-state index contributed by atoms with van der Waals surface area (Å²) in [5.41, 5.74) is 3.09. The average Bonchev–Trinajstić information content (AvgIpc) is 3.03. The topological polar surface area (TPSA) is 70.3 Å². The van der Waals surface area contributed by atoms with E-state index in [9.17, 15) is 5.11 Å². The van der Waals surface area contributed by atoms with Crippen LogP contribution < -0.4 is 5.32 Å². The molecule has 5 heteroatoms. The molecule has 124 valence electrons. The molecule has 1 fully saturated rings. The fourth-order valence-electron chi connectivity index (χ4n) is 3.23. The van der Waals surface area contributed by atoms with Crippen LogP contribution in [0.25, 0.3) is 11.1 Å². The number of aliphatic hydroxyl groups excluding tert-OH is 1. The standard InChI is InChI=1S/C18H25N3O2/c22-8-7-21-13-16(12-20-21)15-9-14(10-18(23)11-15)4-5-17-3-1-2-6-19-17/h9-13,17,19,22-23H,1-8H2/t17-/m0/s1. The summed E-state index contributed by atoms with van der Waals surface area (Å²) in [4.78, 5) is 0. The third-order valence-corrected chi connectivity index (χ3v) is 4.47. The first-order valence-corrected chi connectivity index (χ1v) is 8.44. The number of aromatic hydroxyl groups is 1. The van der Waals surface area contributed by atoms with Gasteiger partial charge in [0.25, 0.3) is 0 Å². The van der Waals surface area contributed by atoms with Gasteiger partial charge in [-0.1, -0.05) is 12.5 Å². The van der Waals surface area contributed by atoms with Gasteiger partial charge in [-0.15, -0.1) is 0 Å². The number of aliphatic hydroxyl groups is 1. The Morgan fingerprint density at radius 1 is 1.22 bits per heavy atom. The van der Waals surface area contributed by atoms with Crippen molar-refractivity contribution in [1.82, 2.24) is 15.1 Å². The number of piperidine rings is 1. The molecule has 1 aromatic heterocycles. The third kappa shape index (κ3) is 4.33. The van der Waals surface area contributed by atoms with Crippen LogP contribution in [0.5, 0.6) is 5.75 Å². The van der Waals surface area contributed by atoms with Crippen molar-refractivity contribution < 1.29 is 10.2 Å². The molecule has 3 rings (SSSR count). The molecule has 3 N–H and O–H groups in total. The van der Waals surface area contributed by atoms with Crippen molar-refractivity contribution in [3.8, 4) is 16.9 Å². The Labute approximate surface area is 137 Å². The zero-order valence-corrected chi connectivity index (χ0v) is 13.4. The van der Waals surface area contributed by atoms with Crippen molar-refractivity contribution >= 4 is 0 Å². The van der Waals surface area contributed by atoms with Gasteiger partial charge in [0.1, 0.15) is 5.75 Å². The lowest BCUT2D eigenvalue weighted by atomic mass is 9.96. The summed E-state index contributed by atoms with van der Waals surface area (Å²) in [7, 11) is 0. The number of phenols is 1. The molecule has 0 spiro atoms. The van der Waals surface area contributed by atoms with E-state index >= 15 is 0 Å². The predicted octanol–water partition coefficient (Wildman–Crippen LogP) is 2.32. The van der Waals surface area contributed by atoms with Crippen molar-refractivity contribution in [1.29, 1.82) is 0 Å². The number of nitrogens with one attached hydrogen (secondary N) is 1. The molecule has 0 bridgehead atoms. The van der Waals surface area contributed by atoms with E-state index in [0.717, 1.165) is 36.1 Å². The molecular weight excluding hydrogens is 290 g/mol. The van der Waals surface area contributed by atoms with E-state index in [2.05, 4.69) is 16.5 Å². The molecule has 1 aromatic carbocycles. The van der Waals surface area contributed by atoms with Gasteiger partial charge in [0.2, 0.25) is 0 Å². The largest absolute Gasteiger partial charge is 0.508 e. The Balaban J connectivity index is 1.70. The van der Waals surface area contributed by atoms with Crippen molar-refractivity contribution in [3.63, 3.8) is 0 Å². The summed E-state index contributed by atoms with van der Waals surface area (Å²) in [6, 6.07) is 6.34. The average molecular weight is 315 g/mol. The zero-order chi connectivity index (χ0) is 16.1. The van der Waals surface area contributed by atoms with Crippen molar-refractivity contribution in [2.24, 2.45) is 0 Å². The highest BCUT2D eigenvalue weighted by molar-refractivity contribution is 5.64. The van der Waals surface area contributed by atoms with Gasteiger partial charge in [0, 0.05) is 17.8 Å². The van der Waals surface area contributed by atoms with Gasteiger partial charge < -0.3 is 15.5 Å². The molecule has 0 amide bonds. The summed E-state index contributed by atoms with van der Waals surface area (Å²) >= 11 is 0. The lowest BCUT2D eigenvalue weighted by Crippen LogP contribution is -2.34. The molecule has 0 radical (unpaired) electrons. The molecule has 2 heterocycles. The Hall–Kier alpha value is -1.85. The smallest absolute Gasteiger partial charge is 0.116 e. The Morgan fingerprint density at radius 3 is 2.91 bits per heavy atom. The molecule has 0 unspecified atom stereocenters. The van der Waals surface area contributed by atoms with Crippen LogP contribution in [-0.4, -0.2) is 39.2 Å². The summed E-state index contributed by atoms with van der Waals surface area (Å²) in [5.74, 6) is 0.295. The molecule has 1 atom stereocenters. The molecule has 1 aliphatic rings. The number of hydrogen-bond acceptors (Lipinski definition) is 4. The maximum atomic E-state index is 10.0. The van der Waals surface area contributed by atoms with E-state index in [1.165, 1.54) is 19.3 Å². The molecular formula is C18H25N3O2. The van der Waals surface area contributed by atoms with E-state index in [0.29, 0.717) is 18.3 Å². The fourth-order valence-corrected chi connectivity index (χ4v) is 3.23. The normalized spacial score (nSPS) is 18.2. The minimum Gasteiger partial charge on any atom is -0.508 e. The number of phenolic OH excluding ortho intramolecular Hbond substituents is 1. The SMILES string of the molecule is OCCn1cc(-c2cc(O)cc(CC[C@@H]3CCCCN3)c2)cn1. The monoisotopic (exact) mass is 315 g/mol. The fraction of sp³-hybridized carbons (Fsp3) is 0.500. The summed E-state index contributed by atoms with van der Waals surface area (Å²) in [6.07, 6.45) is 9.59. The zero-order valence-electron chi connectivity index (χ0n) is 13.4. The van der Waals surface area contributed by atoms with Crippen LogP contribution >= 0.6 is 0 Å². The first kappa shape index (κ1) is 16.0. The van der Waals surface area contributed by atoms with E-state index in [1.54, 1.807) is 16.9 Å². The Morgan fingerprint density at radius 2 is 2.13 bits per heavy atom. The summed E-state index contributed by atoms with van der Waals surface area (Å²) in [5, 5.41) is 26.8. The van der Waals surface area contributed by atoms with Gasteiger partial charge in [-0.3, -0.25) is 4.68 Å². The first-order chi connectivity index (χ1) is 11.2. The highest BCUT2D eigenvalue weighted by atomic mass is 16.3. The molecule has 2 aromatic rings. The minimum absolute atomic E-state index is 0.0702. The van der Waals surface area contributed by atoms with Crippen LogP contribution in [0.15, 0.2) is 30.6 Å². The number of nitrogens with zero attached hydrogens (tertiary/aromatic N) is 2. The van der Waals surface area contributed by atoms with Crippen molar-refractivity contribution in [2.75, 3.05) is 13.2 Å². The second-order valence-electron chi connectivity index (χ2n) is 6.29. The quantitative estimate of drug-likeness (QED) is 0.765. The third-order valence-electron chi connectivity index (χ3n) is 4.47. The van der Waals surface area contributed by atoms with Crippen LogP contribution in [0.2, 0.25) is 0 Å². The molecule has 5 nitrogen and oxygen atoms in total. The molecule has 1 aliphatic heterocycles. The number of aromatic nitrogens is 2. The molecule has 0 saturated carbocycles. The lowest BCUT2D eigenvalue weighted by molar-refractivity contribution is 0.269. The van der Waals surface area contributed by atoms with Gasteiger partial charge in [-0.2, -0.15) is 5.10 Å². The minimum atomic E-state index is 0.0702. The summed E-state index contributed by atoms with van der Waals surface area (Å²) in [6.45, 7) is 1.68. The highest BCUT2D eigenvalue weighted by Crippen LogP contribution is 2.26. The molecule has 0 aliphatic carbocycles. The highest BCUT2D eigenvalue weighted by Gasteiger charge is 2.13. The van der Waals surface area contributed by atoms with Crippen LogP contribution in [0, 0.1) is 0 Å². The second-order valence-corrected chi connectivity index (χ2v) is 6.29. The maximum Gasteiger partial charge on any atom is 0.116 e. The van der Waals surface area contributed by atoms with Gasteiger partial charge >= 0.3 is 0 Å².